The van der Waals surface area contributed by atoms with E-state index in [-0.39, 0.29) is 18.3 Å². The fourth-order valence-electron chi connectivity index (χ4n) is 2.33. The lowest BCUT2D eigenvalue weighted by molar-refractivity contribution is 0.0733. The Morgan fingerprint density at radius 1 is 1.29 bits per heavy atom. The van der Waals surface area contributed by atoms with Gasteiger partial charge in [0.15, 0.2) is 5.82 Å². The molecule has 0 fully saturated rings. The van der Waals surface area contributed by atoms with Gasteiger partial charge in [0.1, 0.15) is 0 Å². The van der Waals surface area contributed by atoms with Crippen LogP contribution in [0.15, 0.2) is 16.8 Å². The number of fused-ring (bicyclic) bond motifs is 1. The molecule has 0 aliphatic rings. The molecule has 0 saturated heterocycles. The number of aromatic nitrogens is 6. The topological polar surface area (TPSA) is 102 Å². The molecule has 0 atom stereocenters. The van der Waals surface area contributed by atoms with Gasteiger partial charge in [0.05, 0.1) is 6.54 Å². The van der Waals surface area contributed by atoms with Gasteiger partial charge in [0.2, 0.25) is 11.7 Å². The minimum atomic E-state index is -0.252. The first-order valence-corrected chi connectivity index (χ1v) is 7.91. The van der Waals surface area contributed by atoms with Gasteiger partial charge in [-0.25, -0.2) is 4.98 Å². The van der Waals surface area contributed by atoms with Crippen LogP contribution in [0, 0.1) is 6.92 Å². The van der Waals surface area contributed by atoms with Crippen LogP contribution in [0.1, 0.15) is 48.3 Å². The van der Waals surface area contributed by atoms with E-state index in [0.29, 0.717) is 24.0 Å². The van der Waals surface area contributed by atoms with Gasteiger partial charge in [-0.2, -0.15) is 4.98 Å². The summed E-state index contributed by atoms with van der Waals surface area (Å²) in [5, 5.41) is 11.9. The van der Waals surface area contributed by atoms with Crippen LogP contribution in [0.2, 0.25) is 0 Å². The molecular weight excluding hydrogens is 310 g/mol. The van der Waals surface area contributed by atoms with Crippen molar-refractivity contribution in [3.8, 4) is 0 Å². The summed E-state index contributed by atoms with van der Waals surface area (Å²) in [5.74, 6) is 1.44. The first-order valence-electron chi connectivity index (χ1n) is 7.91. The van der Waals surface area contributed by atoms with Crippen molar-refractivity contribution in [2.45, 2.75) is 40.2 Å². The van der Waals surface area contributed by atoms with Gasteiger partial charge in [-0.05, 0) is 26.3 Å². The zero-order valence-corrected chi connectivity index (χ0v) is 13.9. The molecule has 3 heterocycles. The van der Waals surface area contributed by atoms with Gasteiger partial charge in [-0.3, -0.25) is 9.20 Å². The first-order chi connectivity index (χ1) is 11.6. The first kappa shape index (κ1) is 16.0. The van der Waals surface area contributed by atoms with Crippen molar-refractivity contribution in [2.75, 3.05) is 6.54 Å². The fourth-order valence-corrected chi connectivity index (χ4v) is 2.33. The van der Waals surface area contributed by atoms with Crippen LogP contribution in [0.5, 0.6) is 0 Å². The molecule has 3 rings (SSSR count). The van der Waals surface area contributed by atoms with E-state index >= 15 is 0 Å². The molecule has 1 amide bonds. The second-order valence-corrected chi connectivity index (χ2v) is 5.44. The van der Waals surface area contributed by atoms with E-state index in [9.17, 15) is 4.79 Å². The molecule has 0 bridgehead atoms. The Balaban J connectivity index is 1.82. The average Bonchev–Trinajstić information content (AvgIpc) is 3.18. The molecule has 9 nitrogen and oxygen atoms in total. The lowest BCUT2D eigenvalue weighted by Gasteiger charge is -2.17. The summed E-state index contributed by atoms with van der Waals surface area (Å²) in [6.07, 6.45) is 3.40. The second-order valence-electron chi connectivity index (χ2n) is 5.44. The van der Waals surface area contributed by atoms with E-state index in [4.69, 9.17) is 4.52 Å². The highest BCUT2D eigenvalue weighted by molar-refractivity contribution is 5.91. The number of hydrogen-bond donors (Lipinski definition) is 0. The molecule has 3 aromatic rings. The van der Waals surface area contributed by atoms with Crippen LogP contribution >= 0.6 is 0 Å². The van der Waals surface area contributed by atoms with E-state index < -0.39 is 0 Å². The maximum Gasteiger partial charge on any atom is 0.292 e. The zero-order valence-electron chi connectivity index (χ0n) is 13.9. The van der Waals surface area contributed by atoms with Gasteiger partial charge < -0.3 is 9.42 Å². The predicted octanol–water partition coefficient (Wildman–Crippen LogP) is 1.43. The Hall–Kier alpha value is -2.84. The van der Waals surface area contributed by atoms with Crippen LogP contribution in [0.3, 0.4) is 0 Å². The van der Waals surface area contributed by atoms with Gasteiger partial charge in [0.25, 0.3) is 11.7 Å². The number of nitrogens with zero attached hydrogens (tertiary/aromatic N) is 7. The van der Waals surface area contributed by atoms with Gasteiger partial charge in [-0.15, -0.1) is 10.2 Å². The molecule has 0 spiro atoms. The van der Waals surface area contributed by atoms with E-state index in [1.165, 1.54) is 0 Å². The summed E-state index contributed by atoms with van der Waals surface area (Å²) in [7, 11) is 0. The van der Waals surface area contributed by atoms with E-state index in [1.54, 1.807) is 21.6 Å². The van der Waals surface area contributed by atoms with Crippen LogP contribution in [0.25, 0.3) is 5.78 Å². The lowest BCUT2D eigenvalue weighted by atomic mass is 10.3. The maximum absolute atomic E-state index is 12.8. The summed E-state index contributed by atoms with van der Waals surface area (Å²) in [5.41, 5.74) is 0.816. The highest BCUT2D eigenvalue weighted by Crippen LogP contribution is 2.09. The van der Waals surface area contributed by atoms with Crippen molar-refractivity contribution in [2.24, 2.45) is 0 Å². The number of carbonyl (C=O) groups excluding carboxylic acids is 1. The quantitative estimate of drug-likeness (QED) is 0.674. The normalized spacial score (nSPS) is 11.1. The summed E-state index contributed by atoms with van der Waals surface area (Å²) in [6, 6.07) is 1.81. The smallest absolute Gasteiger partial charge is 0.292 e. The predicted molar refractivity (Wildman–Crippen MR) is 84.2 cm³/mol. The van der Waals surface area contributed by atoms with Gasteiger partial charge in [-0.1, -0.05) is 12.1 Å². The Bertz CT molecular complexity index is 855. The Kier molecular flexibility index (Phi) is 4.50. The molecule has 3 aromatic heterocycles. The standard InChI is InChI=1S/C15H19N7O2/c1-4-6-12-17-11(20-24-12)9-21(5-2)14(23)13-18-19-15-16-10(3)7-8-22(13)15/h7-8H,4-6,9H2,1-3H3. The SMILES string of the molecule is CCCc1nc(CN(CC)C(=O)c2nnc3nc(C)ccn23)no1. The highest BCUT2D eigenvalue weighted by Gasteiger charge is 2.22. The molecule has 9 heteroatoms. The molecule has 0 aliphatic heterocycles. The monoisotopic (exact) mass is 329 g/mol. The summed E-state index contributed by atoms with van der Waals surface area (Å²) < 4.78 is 6.74. The fraction of sp³-hybridized carbons (Fsp3) is 0.467. The molecule has 0 unspecified atom stereocenters. The minimum absolute atomic E-state index is 0.219. The maximum atomic E-state index is 12.8. The van der Waals surface area contributed by atoms with Crippen LogP contribution < -0.4 is 0 Å². The number of rotatable bonds is 6. The van der Waals surface area contributed by atoms with Crippen molar-refractivity contribution in [1.82, 2.24) is 34.6 Å². The Morgan fingerprint density at radius 3 is 2.88 bits per heavy atom. The molecule has 0 radical (unpaired) electrons. The van der Waals surface area contributed by atoms with E-state index in [1.807, 2.05) is 20.8 Å². The third-order valence-electron chi connectivity index (χ3n) is 3.59. The minimum Gasteiger partial charge on any atom is -0.339 e. The Labute approximate surface area is 138 Å². The molecule has 0 saturated carbocycles. The molecule has 0 N–H and O–H groups in total. The van der Waals surface area contributed by atoms with E-state index in [2.05, 4.69) is 25.3 Å². The molecule has 24 heavy (non-hydrogen) atoms. The molecule has 0 aliphatic carbocycles. The molecule has 126 valence electrons. The highest BCUT2D eigenvalue weighted by atomic mass is 16.5. The van der Waals surface area contributed by atoms with Crippen molar-refractivity contribution in [1.29, 1.82) is 0 Å². The number of amides is 1. The summed E-state index contributed by atoms with van der Waals surface area (Å²) >= 11 is 0. The molecule has 0 aromatic carbocycles. The van der Waals surface area contributed by atoms with Gasteiger partial charge >= 0.3 is 0 Å². The van der Waals surface area contributed by atoms with Gasteiger partial charge in [0, 0.05) is 24.9 Å². The third kappa shape index (κ3) is 3.10. The van der Waals surface area contributed by atoms with Crippen LogP contribution in [0.4, 0.5) is 0 Å². The number of aryl methyl sites for hydroxylation is 2. The molecular formula is C15H19N7O2. The van der Waals surface area contributed by atoms with Crippen LogP contribution in [-0.2, 0) is 13.0 Å². The third-order valence-corrected chi connectivity index (χ3v) is 3.59. The summed E-state index contributed by atoms with van der Waals surface area (Å²) in [4.78, 5) is 22.9. The lowest BCUT2D eigenvalue weighted by Crippen LogP contribution is -2.32. The average molecular weight is 329 g/mol. The number of carbonyl (C=O) groups is 1. The van der Waals surface area contributed by atoms with Crippen LogP contribution in [-0.4, -0.2) is 47.1 Å². The zero-order chi connectivity index (χ0) is 17.1. The van der Waals surface area contributed by atoms with Crippen molar-refractivity contribution < 1.29 is 9.32 Å². The number of hydrogen-bond acceptors (Lipinski definition) is 7. The summed E-state index contributed by atoms with van der Waals surface area (Å²) in [6.45, 7) is 6.54. The van der Waals surface area contributed by atoms with E-state index in [0.717, 1.165) is 18.5 Å². The van der Waals surface area contributed by atoms with Crippen molar-refractivity contribution >= 4 is 11.7 Å². The van der Waals surface area contributed by atoms with Crippen molar-refractivity contribution in [3.63, 3.8) is 0 Å². The second kappa shape index (κ2) is 6.73. The largest absolute Gasteiger partial charge is 0.339 e. The Morgan fingerprint density at radius 2 is 2.12 bits per heavy atom. The van der Waals surface area contributed by atoms with Crippen molar-refractivity contribution in [3.05, 3.63) is 35.5 Å².